The third kappa shape index (κ3) is 6.52. The van der Waals surface area contributed by atoms with Gasteiger partial charge in [0.2, 0.25) is 0 Å². The molecule has 126 valence electrons. The summed E-state index contributed by atoms with van der Waals surface area (Å²) in [5, 5.41) is 0. The van der Waals surface area contributed by atoms with E-state index < -0.39 is 0 Å². The fraction of sp³-hybridized carbons (Fsp3) is 0.0800. The standard InChI is InChI=1S/C25H20O/c1-3-21-11-5-7-13-23(19-21)14-9-10-16-25(26)18-17-24-15-8-6-12-22(4-2)20-24/h1-2,5-18H,19-20H2/b14-9+,16-10+,18-17+. The minimum absolute atomic E-state index is 0.0750. The Hall–Kier alpha value is -3.55. The van der Waals surface area contributed by atoms with E-state index in [1.54, 1.807) is 18.2 Å². The zero-order chi connectivity index (χ0) is 18.6. The average molecular weight is 336 g/mol. The van der Waals surface area contributed by atoms with Gasteiger partial charge in [-0.2, -0.15) is 0 Å². The average Bonchev–Trinajstić information content (AvgIpc) is 3.03. The molecule has 0 N–H and O–H groups in total. The van der Waals surface area contributed by atoms with Crippen LogP contribution in [0.3, 0.4) is 0 Å². The molecule has 0 aromatic heterocycles. The van der Waals surface area contributed by atoms with Crippen LogP contribution in [0.5, 0.6) is 0 Å². The molecule has 0 fully saturated rings. The Labute approximate surface area is 155 Å². The molecule has 2 aliphatic carbocycles. The van der Waals surface area contributed by atoms with Crippen LogP contribution < -0.4 is 0 Å². The lowest BCUT2D eigenvalue weighted by atomic mass is 10.1. The summed E-state index contributed by atoms with van der Waals surface area (Å²) < 4.78 is 0. The predicted molar refractivity (Wildman–Crippen MR) is 110 cm³/mol. The Kier molecular flexibility index (Phi) is 7.47. The first kappa shape index (κ1) is 18.8. The first-order valence-corrected chi connectivity index (χ1v) is 8.34. The van der Waals surface area contributed by atoms with Crippen molar-refractivity contribution >= 4 is 5.78 Å². The molecule has 0 heterocycles. The number of carbonyl (C=O) groups is 1. The summed E-state index contributed by atoms with van der Waals surface area (Å²) >= 11 is 0. The Morgan fingerprint density at radius 3 is 1.88 bits per heavy atom. The van der Waals surface area contributed by atoms with E-state index in [1.165, 1.54) is 6.08 Å². The quantitative estimate of drug-likeness (QED) is 0.387. The molecule has 2 aliphatic rings. The zero-order valence-electron chi connectivity index (χ0n) is 14.6. The lowest BCUT2D eigenvalue weighted by molar-refractivity contribution is -0.110. The third-order valence-electron chi connectivity index (χ3n) is 3.74. The lowest BCUT2D eigenvalue weighted by Gasteiger charge is -1.98. The molecule has 0 saturated heterocycles. The molecule has 2 rings (SSSR count). The molecule has 26 heavy (non-hydrogen) atoms. The highest BCUT2D eigenvalue weighted by molar-refractivity contribution is 5.99. The number of carbonyl (C=O) groups excluding carboxylic acids is 1. The maximum absolute atomic E-state index is 12.0. The van der Waals surface area contributed by atoms with Crippen molar-refractivity contribution in [1.29, 1.82) is 0 Å². The Balaban J connectivity index is 1.90. The molecule has 0 bridgehead atoms. The van der Waals surface area contributed by atoms with Gasteiger partial charge in [-0.15, -0.1) is 12.8 Å². The summed E-state index contributed by atoms with van der Waals surface area (Å²) in [7, 11) is 0. The van der Waals surface area contributed by atoms with Gasteiger partial charge < -0.3 is 0 Å². The predicted octanol–water partition coefficient (Wildman–Crippen LogP) is 5.12. The van der Waals surface area contributed by atoms with Crippen LogP contribution >= 0.6 is 0 Å². The zero-order valence-corrected chi connectivity index (χ0v) is 14.6. The van der Waals surface area contributed by atoms with Crippen LogP contribution in [-0.4, -0.2) is 5.78 Å². The van der Waals surface area contributed by atoms with E-state index >= 15 is 0 Å². The molecule has 0 radical (unpaired) electrons. The van der Waals surface area contributed by atoms with Crippen LogP contribution in [0, 0.1) is 24.7 Å². The Bertz CT molecular complexity index is 904. The van der Waals surface area contributed by atoms with Crippen molar-refractivity contribution < 1.29 is 4.79 Å². The summed E-state index contributed by atoms with van der Waals surface area (Å²) in [6.45, 7) is 0. The molecule has 0 amide bonds. The smallest absolute Gasteiger partial charge is 0.178 e. The number of allylic oxidation sites excluding steroid dienone is 18. The molecule has 0 aromatic rings. The van der Waals surface area contributed by atoms with Crippen molar-refractivity contribution in [3.05, 3.63) is 107 Å². The molecular weight excluding hydrogens is 316 g/mol. The first-order chi connectivity index (χ1) is 12.7. The summed E-state index contributed by atoms with van der Waals surface area (Å²) in [4.78, 5) is 12.0. The largest absolute Gasteiger partial charge is 0.290 e. The van der Waals surface area contributed by atoms with Gasteiger partial charge in [0.05, 0.1) is 0 Å². The Morgan fingerprint density at radius 2 is 1.31 bits per heavy atom. The number of terminal acetylenes is 2. The maximum Gasteiger partial charge on any atom is 0.178 e. The van der Waals surface area contributed by atoms with E-state index in [2.05, 4.69) is 11.8 Å². The first-order valence-electron chi connectivity index (χ1n) is 8.34. The minimum Gasteiger partial charge on any atom is -0.290 e. The van der Waals surface area contributed by atoms with Crippen LogP contribution in [0.25, 0.3) is 0 Å². The van der Waals surface area contributed by atoms with Gasteiger partial charge in [0.15, 0.2) is 5.78 Å². The van der Waals surface area contributed by atoms with Crippen molar-refractivity contribution in [2.75, 3.05) is 0 Å². The van der Waals surface area contributed by atoms with Crippen molar-refractivity contribution in [1.82, 2.24) is 0 Å². The highest BCUT2D eigenvalue weighted by atomic mass is 16.1. The van der Waals surface area contributed by atoms with Crippen LogP contribution in [0.2, 0.25) is 0 Å². The second-order valence-corrected chi connectivity index (χ2v) is 5.73. The lowest BCUT2D eigenvalue weighted by Crippen LogP contribution is -1.87. The molecule has 0 aliphatic heterocycles. The summed E-state index contributed by atoms with van der Waals surface area (Å²) in [6, 6.07) is 0. The van der Waals surface area contributed by atoms with Crippen LogP contribution in [0.15, 0.2) is 107 Å². The van der Waals surface area contributed by atoms with Crippen LogP contribution in [-0.2, 0) is 4.79 Å². The number of hydrogen-bond acceptors (Lipinski definition) is 1. The van der Waals surface area contributed by atoms with Crippen LogP contribution in [0.1, 0.15) is 12.8 Å². The molecule has 0 unspecified atom stereocenters. The van der Waals surface area contributed by atoms with Gasteiger partial charge in [0, 0.05) is 24.0 Å². The number of ketones is 1. The molecule has 0 atom stereocenters. The molecule has 1 nitrogen and oxygen atoms in total. The normalized spacial score (nSPS) is 17.2. The summed E-state index contributed by atoms with van der Waals surface area (Å²) in [5.41, 5.74) is 3.93. The summed E-state index contributed by atoms with van der Waals surface area (Å²) in [5.74, 6) is 5.24. The number of hydrogen-bond donors (Lipinski definition) is 0. The van der Waals surface area contributed by atoms with E-state index in [4.69, 9.17) is 12.8 Å². The highest BCUT2D eigenvalue weighted by Crippen LogP contribution is 2.16. The van der Waals surface area contributed by atoms with Gasteiger partial charge in [-0.25, -0.2) is 0 Å². The fourth-order valence-corrected chi connectivity index (χ4v) is 2.38. The van der Waals surface area contributed by atoms with E-state index in [0.29, 0.717) is 12.8 Å². The molecule has 0 saturated carbocycles. The van der Waals surface area contributed by atoms with Gasteiger partial charge in [0.25, 0.3) is 0 Å². The molecule has 0 spiro atoms. The van der Waals surface area contributed by atoms with Crippen molar-refractivity contribution in [2.24, 2.45) is 0 Å². The molecular formula is C25H20O. The highest BCUT2D eigenvalue weighted by Gasteiger charge is 2.00. The van der Waals surface area contributed by atoms with Crippen molar-refractivity contribution in [2.45, 2.75) is 12.8 Å². The van der Waals surface area contributed by atoms with E-state index in [1.807, 2.05) is 60.8 Å². The second kappa shape index (κ2) is 10.3. The van der Waals surface area contributed by atoms with Crippen molar-refractivity contribution in [3.63, 3.8) is 0 Å². The van der Waals surface area contributed by atoms with E-state index in [-0.39, 0.29) is 5.78 Å². The van der Waals surface area contributed by atoms with Crippen LogP contribution in [0.4, 0.5) is 0 Å². The van der Waals surface area contributed by atoms with E-state index in [9.17, 15) is 4.79 Å². The van der Waals surface area contributed by atoms with Gasteiger partial charge in [-0.05, 0) is 23.3 Å². The monoisotopic (exact) mass is 336 g/mol. The van der Waals surface area contributed by atoms with E-state index in [0.717, 1.165) is 22.3 Å². The fourth-order valence-electron chi connectivity index (χ4n) is 2.38. The summed E-state index contributed by atoms with van der Waals surface area (Å²) in [6.07, 6.45) is 38.2. The van der Waals surface area contributed by atoms with Gasteiger partial charge >= 0.3 is 0 Å². The second-order valence-electron chi connectivity index (χ2n) is 5.73. The SMILES string of the molecule is C#CC1=CC=CC=C(/C=C/C=C/C(=O)/C=C/C2=CC=CC=C(C#C)C2)C1. The maximum atomic E-state index is 12.0. The molecule has 1 heteroatoms. The van der Waals surface area contributed by atoms with Gasteiger partial charge in [-0.1, -0.05) is 84.8 Å². The third-order valence-corrected chi connectivity index (χ3v) is 3.74. The number of rotatable bonds is 5. The van der Waals surface area contributed by atoms with Crippen molar-refractivity contribution in [3.8, 4) is 24.7 Å². The van der Waals surface area contributed by atoms with Gasteiger partial charge in [0.1, 0.15) is 0 Å². The Morgan fingerprint density at radius 1 is 0.769 bits per heavy atom. The van der Waals surface area contributed by atoms with Gasteiger partial charge in [-0.3, -0.25) is 4.79 Å². The minimum atomic E-state index is -0.0750. The topological polar surface area (TPSA) is 17.1 Å². The molecule has 0 aromatic carbocycles.